The highest BCUT2D eigenvalue weighted by atomic mass is 16.5. The van der Waals surface area contributed by atoms with Crippen LogP contribution in [0.4, 0.5) is 5.69 Å². The molecule has 0 fully saturated rings. The average molecular weight is 276 g/mol. The van der Waals surface area contributed by atoms with Gasteiger partial charge in [0.25, 0.3) is 5.91 Å². The van der Waals surface area contributed by atoms with E-state index in [2.05, 4.69) is 10.6 Å². The van der Waals surface area contributed by atoms with Crippen LogP contribution in [0.5, 0.6) is 5.75 Å². The molecule has 108 valence electrons. The summed E-state index contributed by atoms with van der Waals surface area (Å²) in [5.41, 5.74) is 1.75. The zero-order valence-electron chi connectivity index (χ0n) is 11.9. The highest BCUT2D eigenvalue weighted by Gasteiger charge is 2.23. The van der Waals surface area contributed by atoms with Crippen LogP contribution in [0.15, 0.2) is 18.2 Å². The molecule has 0 saturated heterocycles. The summed E-state index contributed by atoms with van der Waals surface area (Å²) in [5.74, 6) is 0.637. The van der Waals surface area contributed by atoms with E-state index < -0.39 is 6.10 Å². The Balaban J connectivity index is 1.93. The number of carbonyl (C=O) groups is 2. The first kappa shape index (κ1) is 14.4. The highest BCUT2D eigenvalue weighted by molar-refractivity contribution is 5.97. The number of amides is 2. The number of ether oxygens (including phenoxy) is 1. The Hall–Kier alpha value is -2.04. The first-order valence-electron chi connectivity index (χ1n) is 6.97. The van der Waals surface area contributed by atoms with Gasteiger partial charge >= 0.3 is 0 Å². The third kappa shape index (κ3) is 3.50. The third-order valence-corrected chi connectivity index (χ3v) is 3.19. The molecule has 0 radical (unpaired) electrons. The molecule has 1 atom stereocenters. The lowest BCUT2D eigenvalue weighted by Crippen LogP contribution is -2.34. The van der Waals surface area contributed by atoms with E-state index in [4.69, 9.17) is 4.74 Å². The van der Waals surface area contributed by atoms with Crippen LogP contribution in [-0.4, -0.2) is 24.5 Å². The molecule has 1 aliphatic heterocycles. The lowest BCUT2D eigenvalue weighted by Gasteiger charge is -2.23. The number of fused-ring (bicyclic) bond motifs is 1. The van der Waals surface area contributed by atoms with Crippen LogP contribution in [-0.2, 0) is 16.0 Å². The van der Waals surface area contributed by atoms with Gasteiger partial charge in [-0.3, -0.25) is 9.59 Å². The molecule has 1 heterocycles. The van der Waals surface area contributed by atoms with Crippen molar-refractivity contribution in [1.82, 2.24) is 5.32 Å². The molecule has 5 heteroatoms. The lowest BCUT2D eigenvalue weighted by molar-refractivity contribution is -0.123. The normalized spacial score (nSPS) is 16.9. The number of nitrogens with one attached hydrogen (secondary N) is 2. The summed E-state index contributed by atoms with van der Waals surface area (Å²) < 4.78 is 5.49. The molecule has 1 aromatic carbocycles. The average Bonchev–Trinajstić information content (AvgIpc) is 2.41. The van der Waals surface area contributed by atoms with E-state index >= 15 is 0 Å². The number of hydrogen-bond donors (Lipinski definition) is 2. The van der Waals surface area contributed by atoms with Gasteiger partial charge < -0.3 is 15.4 Å². The van der Waals surface area contributed by atoms with Crippen molar-refractivity contribution in [2.24, 2.45) is 0 Å². The molecule has 0 aromatic heterocycles. The van der Waals surface area contributed by atoms with Crippen LogP contribution in [0, 0.1) is 0 Å². The van der Waals surface area contributed by atoms with Gasteiger partial charge in [0.2, 0.25) is 5.91 Å². The summed E-state index contributed by atoms with van der Waals surface area (Å²) in [7, 11) is 0. The summed E-state index contributed by atoms with van der Waals surface area (Å²) in [6.07, 6.45) is 1.69. The zero-order chi connectivity index (χ0) is 14.5. The smallest absolute Gasteiger partial charge is 0.265 e. The summed E-state index contributed by atoms with van der Waals surface area (Å²) in [5, 5.41) is 5.69. The fourth-order valence-corrected chi connectivity index (χ4v) is 2.07. The maximum atomic E-state index is 11.6. The Bertz CT molecular complexity index is 514. The molecule has 0 spiro atoms. The largest absolute Gasteiger partial charge is 0.479 e. The Kier molecular flexibility index (Phi) is 4.61. The fraction of sp³-hybridized carbons (Fsp3) is 0.467. The van der Waals surface area contributed by atoms with Crippen molar-refractivity contribution in [3.63, 3.8) is 0 Å². The van der Waals surface area contributed by atoms with Crippen LogP contribution < -0.4 is 15.4 Å². The van der Waals surface area contributed by atoms with Gasteiger partial charge in [0.1, 0.15) is 5.75 Å². The van der Waals surface area contributed by atoms with E-state index in [0.29, 0.717) is 24.4 Å². The Labute approximate surface area is 118 Å². The van der Waals surface area contributed by atoms with Crippen molar-refractivity contribution in [2.45, 2.75) is 39.2 Å². The number of benzene rings is 1. The summed E-state index contributed by atoms with van der Waals surface area (Å²) in [6.45, 7) is 4.30. The van der Waals surface area contributed by atoms with Gasteiger partial charge in [0.05, 0.1) is 5.69 Å². The number of carbonyl (C=O) groups excluding carboxylic acids is 2. The standard InChI is InChI=1S/C15H20N2O3/c1-3-4-14(18)16-8-7-11-5-6-13-12(9-11)17-15(19)10(2)20-13/h5-6,9-10H,3-4,7-8H2,1-2H3,(H,16,18)(H,17,19). The van der Waals surface area contributed by atoms with Crippen LogP contribution in [0.25, 0.3) is 0 Å². The molecule has 1 unspecified atom stereocenters. The number of hydrogen-bond acceptors (Lipinski definition) is 3. The minimum Gasteiger partial charge on any atom is -0.479 e. The van der Waals surface area contributed by atoms with Gasteiger partial charge in [0, 0.05) is 13.0 Å². The Morgan fingerprint density at radius 2 is 2.25 bits per heavy atom. The van der Waals surface area contributed by atoms with Crippen LogP contribution >= 0.6 is 0 Å². The minimum atomic E-state index is -0.457. The minimum absolute atomic E-state index is 0.0796. The van der Waals surface area contributed by atoms with Gasteiger partial charge in [-0.05, 0) is 37.5 Å². The van der Waals surface area contributed by atoms with E-state index in [1.807, 2.05) is 25.1 Å². The van der Waals surface area contributed by atoms with Gasteiger partial charge in [-0.25, -0.2) is 0 Å². The zero-order valence-corrected chi connectivity index (χ0v) is 11.9. The molecular weight excluding hydrogens is 256 g/mol. The Morgan fingerprint density at radius 1 is 1.45 bits per heavy atom. The topological polar surface area (TPSA) is 67.4 Å². The first-order chi connectivity index (χ1) is 9.60. The molecule has 5 nitrogen and oxygen atoms in total. The summed E-state index contributed by atoms with van der Waals surface area (Å²) >= 11 is 0. The van der Waals surface area contributed by atoms with Crippen molar-refractivity contribution in [3.8, 4) is 5.75 Å². The molecule has 0 saturated carbocycles. The van der Waals surface area contributed by atoms with Gasteiger partial charge in [-0.1, -0.05) is 13.0 Å². The fourth-order valence-electron chi connectivity index (χ4n) is 2.07. The van der Waals surface area contributed by atoms with E-state index in [1.165, 1.54) is 0 Å². The molecule has 0 bridgehead atoms. The van der Waals surface area contributed by atoms with Crippen molar-refractivity contribution in [1.29, 1.82) is 0 Å². The van der Waals surface area contributed by atoms with E-state index in [9.17, 15) is 9.59 Å². The van der Waals surface area contributed by atoms with E-state index in [0.717, 1.165) is 18.4 Å². The van der Waals surface area contributed by atoms with E-state index in [-0.39, 0.29) is 11.8 Å². The predicted octanol–water partition coefficient (Wildman–Crippen LogP) is 1.86. The molecule has 1 aliphatic rings. The third-order valence-electron chi connectivity index (χ3n) is 3.19. The molecule has 1 aromatic rings. The van der Waals surface area contributed by atoms with Gasteiger partial charge in [-0.15, -0.1) is 0 Å². The molecule has 2 amide bonds. The van der Waals surface area contributed by atoms with Crippen LogP contribution in [0.3, 0.4) is 0 Å². The lowest BCUT2D eigenvalue weighted by atomic mass is 10.1. The van der Waals surface area contributed by atoms with Crippen LogP contribution in [0.2, 0.25) is 0 Å². The van der Waals surface area contributed by atoms with Crippen LogP contribution in [0.1, 0.15) is 32.3 Å². The maximum Gasteiger partial charge on any atom is 0.265 e. The molecule has 2 rings (SSSR count). The molecule has 0 aliphatic carbocycles. The van der Waals surface area contributed by atoms with Gasteiger partial charge in [0.15, 0.2) is 6.10 Å². The summed E-state index contributed by atoms with van der Waals surface area (Å²) in [4.78, 5) is 22.9. The SMILES string of the molecule is CCCC(=O)NCCc1ccc2c(c1)NC(=O)C(C)O2. The van der Waals surface area contributed by atoms with Crippen molar-refractivity contribution in [2.75, 3.05) is 11.9 Å². The van der Waals surface area contributed by atoms with E-state index in [1.54, 1.807) is 6.92 Å². The van der Waals surface area contributed by atoms with Gasteiger partial charge in [-0.2, -0.15) is 0 Å². The second kappa shape index (κ2) is 6.41. The quantitative estimate of drug-likeness (QED) is 0.862. The summed E-state index contributed by atoms with van der Waals surface area (Å²) in [6, 6.07) is 5.70. The monoisotopic (exact) mass is 276 g/mol. The second-order valence-corrected chi connectivity index (χ2v) is 4.93. The second-order valence-electron chi connectivity index (χ2n) is 4.93. The molecule has 20 heavy (non-hydrogen) atoms. The Morgan fingerprint density at radius 3 is 3.00 bits per heavy atom. The maximum absolute atomic E-state index is 11.6. The number of rotatable bonds is 5. The van der Waals surface area contributed by atoms with Crippen molar-refractivity contribution in [3.05, 3.63) is 23.8 Å². The first-order valence-corrected chi connectivity index (χ1v) is 6.97. The highest BCUT2D eigenvalue weighted by Crippen LogP contribution is 2.30. The predicted molar refractivity (Wildman–Crippen MR) is 76.8 cm³/mol. The molecular formula is C15H20N2O3. The van der Waals surface area contributed by atoms with Crippen molar-refractivity contribution < 1.29 is 14.3 Å². The molecule has 2 N–H and O–H groups in total. The number of anilines is 1. The van der Waals surface area contributed by atoms with Crippen molar-refractivity contribution >= 4 is 17.5 Å².